The Morgan fingerprint density at radius 1 is 1.19 bits per heavy atom. The quantitative estimate of drug-likeness (QED) is 0.521. The van der Waals surface area contributed by atoms with Crippen molar-refractivity contribution in [1.29, 1.82) is 0 Å². The molecular formula is C18H15N3O6. The third kappa shape index (κ3) is 3.43. The maximum Gasteiger partial charge on any atom is 0.356 e. The summed E-state index contributed by atoms with van der Waals surface area (Å²) in [6.45, 7) is 1.53. The van der Waals surface area contributed by atoms with Crippen LogP contribution in [0.15, 0.2) is 48.5 Å². The van der Waals surface area contributed by atoms with Crippen LogP contribution < -0.4 is 9.47 Å². The number of nitrogens with zero attached hydrogens (tertiary/aromatic N) is 3. The zero-order valence-electron chi connectivity index (χ0n) is 14.4. The van der Waals surface area contributed by atoms with Crippen LogP contribution in [0.1, 0.15) is 16.1 Å². The zero-order valence-corrected chi connectivity index (χ0v) is 14.4. The van der Waals surface area contributed by atoms with Crippen LogP contribution in [-0.2, 0) is 0 Å². The van der Waals surface area contributed by atoms with E-state index in [1.807, 2.05) is 0 Å². The van der Waals surface area contributed by atoms with Crippen molar-refractivity contribution < 1.29 is 24.3 Å². The van der Waals surface area contributed by atoms with E-state index in [1.165, 1.54) is 36.9 Å². The number of ether oxygens (including phenoxy) is 2. The molecule has 27 heavy (non-hydrogen) atoms. The summed E-state index contributed by atoms with van der Waals surface area (Å²) in [7, 11) is 1.53. The summed E-state index contributed by atoms with van der Waals surface area (Å²) >= 11 is 0. The topological polar surface area (TPSA) is 117 Å². The molecule has 2 aromatic carbocycles. The van der Waals surface area contributed by atoms with Gasteiger partial charge in [0.25, 0.3) is 0 Å². The first-order chi connectivity index (χ1) is 12.9. The molecule has 0 aliphatic carbocycles. The third-order valence-corrected chi connectivity index (χ3v) is 3.86. The van der Waals surface area contributed by atoms with Gasteiger partial charge in [-0.2, -0.15) is 9.78 Å². The second-order valence-electron chi connectivity index (χ2n) is 5.52. The summed E-state index contributed by atoms with van der Waals surface area (Å²) in [5, 5.41) is 24.7. The van der Waals surface area contributed by atoms with Gasteiger partial charge in [0.1, 0.15) is 5.75 Å². The summed E-state index contributed by atoms with van der Waals surface area (Å²) in [5.41, 5.74) is 0.312. The first kappa shape index (κ1) is 17.9. The van der Waals surface area contributed by atoms with Crippen molar-refractivity contribution in [2.75, 3.05) is 7.11 Å². The van der Waals surface area contributed by atoms with Crippen LogP contribution in [0.5, 0.6) is 17.4 Å². The fourth-order valence-electron chi connectivity index (χ4n) is 2.50. The highest BCUT2D eigenvalue weighted by Crippen LogP contribution is 2.35. The number of para-hydroxylation sites is 2. The monoisotopic (exact) mass is 369 g/mol. The Morgan fingerprint density at radius 2 is 1.85 bits per heavy atom. The van der Waals surface area contributed by atoms with Crippen molar-refractivity contribution in [3.05, 3.63) is 69.9 Å². The lowest BCUT2D eigenvalue weighted by molar-refractivity contribution is -0.385. The molecule has 0 radical (unpaired) electrons. The number of nitro benzene ring substituents is 1. The number of hydrogen-bond donors (Lipinski definition) is 1. The number of carbonyl (C=O) groups is 1. The van der Waals surface area contributed by atoms with Crippen molar-refractivity contribution in [2.45, 2.75) is 6.92 Å². The molecule has 1 aromatic heterocycles. The highest BCUT2D eigenvalue weighted by Gasteiger charge is 2.24. The van der Waals surface area contributed by atoms with Gasteiger partial charge in [-0.25, -0.2) is 4.79 Å². The summed E-state index contributed by atoms with van der Waals surface area (Å²) in [6, 6.07) is 12.5. The summed E-state index contributed by atoms with van der Waals surface area (Å²) in [6.07, 6.45) is 0. The lowest BCUT2D eigenvalue weighted by Crippen LogP contribution is -2.03. The molecule has 0 aliphatic heterocycles. The van der Waals surface area contributed by atoms with Gasteiger partial charge in [-0.1, -0.05) is 12.1 Å². The molecule has 9 heteroatoms. The average Bonchev–Trinajstić information content (AvgIpc) is 2.99. The summed E-state index contributed by atoms with van der Waals surface area (Å²) in [4.78, 5) is 22.1. The molecule has 0 saturated heterocycles. The predicted octanol–water partition coefficient (Wildman–Crippen LogP) is 3.59. The van der Waals surface area contributed by atoms with Crippen LogP contribution in [0.2, 0.25) is 0 Å². The third-order valence-electron chi connectivity index (χ3n) is 3.86. The SMILES string of the molecule is COc1ccc(-n2nc(C(=O)O)c(C)c2Oc2ccccc2[N+](=O)[O-])cc1. The van der Waals surface area contributed by atoms with Crippen molar-refractivity contribution in [3.8, 4) is 23.1 Å². The minimum absolute atomic E-state index is 0.0165. The Balaban J connectivity index is 2.13. The molecule has 0 bridgehead atoms. The van der Waals surface area contributed by atoms with Crippen molar-refractivity contribution in [2.24, 2.45) is 0 Å². The predicted molar refractivity (Wildman–Crippen MR) is 95.0 cm³/mol. The van der Waals surface area contributed by atoms with E-state index in [1.54, 1.807) is 30.3 Å². The maximum absolute atomic E-state index is 11.5. The minimum atomic E-state index is -1.23. The first-order valence-electron chi connectivity index (χ1n) is 7.81. The van der Waals surface area contributed by atoms with E-state index in [2.05, 4.69) is 5.10 Å². The summed E-state index contributed by atoms with van der Waals surface area (Å²) < 4.78 is 12.1. The van der Waals surface area contributed by atoms with Gasteiger partial charge in [-0.05, 0) is 37.3 Å². The molecule has 3 aromatic rings. The number of aromatic nitrogens is 2. The van der Waals surface area contributed by atoms with Gasteiger partial charge in [0.15, 0.2) is 5.69 Å². The fraction of sp³-hybridized carbons (Fsp3) is 0.111. The molecule has 0 atom stereocenters. The molecule has 138 valence electrons. The number of aromatic carboxylic acids is 1. The van der Waals surface area contributed by atoms with E-state index in [9.17, 15) is 20.0 Å². The Kier molecular flexibility index (Phi) is 4.75. The molecule has 1 N–H and O–H groups in total. The number of nitro groups is 1. The highest BCUT2D eigenvalue weighted by molar-refractivity contribution is 5.88. The van der Waals surface area contributed by atoms with Crippen LogP contribution in [0.3, 0.4) is 0 Å². The van der Waals surface area contributed by atoms with Crippen molar-refractivity contribution >= 4 is 11.7 Å². The number of rotatable bonds is 6. The zero-order chi connectivity index (χ0) is 19.6. The van der Waals surface area contributed by atoms with E-state index in [-0.39, 0.29) is 28.6 Å². The highest BCUT2D eigenvalue weighted by atomic mass is 16.6. The lowest BCUT2D eigenvalue weighted by atomic mass is 10.2. The van der Waals surface area contributed by atoms with Gasteiger partial charge in [0, 0.05) is 11.6 Å². The number of hydrogen-bond acceptors (Lipinski definition) is 6. The number of carboxylic acid groups (broad SMARTS) is 1. The van der Waals surface area contributed by atoms with Gasteiger partial charge in [-0.3, -0.25) is 10.1 Å². The van der Waals surface area contributed by atoms with Gasteiger partial charge >= 0.3 is 11.7 Å². The van der Waals surface area contributed by atoms with E-state index >= 15 is 0 Å². The molecule has 0 amide bonds. The molecule has 0 fully saturated rings. The molecular weight excluding hydrogens is 354 g/mol. The number of benzene rings is 2. The van der Waals surface area contributed by atoms with Crippen molar-refractivity contribution in [1.82, 2.24) is 9.78 Å². The molecule has 9 nitrogen and oxygen atoms in total. The molecule has 0 aliphatic rings. The Labute approximate surface area is 153 Å². The largest absolute Gasteiger partial charge is 0.497 e. The van der Waals surface area contributed by atoms with Crippen LogP contribution >= 0.6 is 0 Å². The number of methoxy groups -OCH3 is 1. The molecule has 0 spiro atoms. The second-order valence-corrected chi connectivity index (χ2v) is 5.52. The van der Waals surface area contributed by atoms with Crippen LogP contribution in [0, 0.1) is 17.0 Å². The molecule has 1 heterocycles. The smallest absolute Gasteiger partial charge is 0.356 e. The van der Waals surface area contributed by atoms with Crippen LogP contribution in [0.4, 0.5) is 5.69 Å². The first-order valence-corrected chi connectivity index (χ1v) is 7.81. The Morgan fingerprint density at radius 3 is 2.44 bits per heavy atom. The molecule has 0 unspecified atom stereocenters. The second kappa shape index (κ2) is 7.16. The summed E-state index contributed by atoms with van der Waals surface area (Å²) in [5.74, 6) is -0.557. The Hall–Kier alpha value is -3.88. The van der Waals surface area contributed by atoms with Crippen LogP contribution in [-0.4, -0.2) is 32.9 Å². The fourth-order valence-corrected chi connectivity index (χ4v) is 2.50. The standard InChI is InChI=1S/C18H15N3O6/c1-11-16(18(22)23)19-20(12-7-9-13(26-2)10-8-12)17(11)27-15-6-4-3-5-14(15)21(24)25/h3-10H,1-2H3,(H,22,23). The molecule has 3 rings (SSSR count). The van der Waals surface area contributed by atoms with E-state index < -0.39 is 10.9 Å². The van der Waals surface area contributed by atoms with Gasteiger partial charge < -0.3 is 14.6 Å². The molecule has 0 saturated carbocycles. The maximum atomic E-state index is 11.5. The van der Waals surface area contributed by atoms with Gasteiger partial charge in [0.05, 0.1) is 17.7 Å². The lowest BCUT2D eigenvalue weighted by Gasteiger charge is -2.10. The average molecular weight is 369 g/mol. The van der Waals surface area contributed by atoms with Crippen molar-refractivity contribution in [3.63, 3.8) is 0 Å². The normalized spacial score (nSPS) is 10.4. The van der Waals surface area contributed by atoms with E-state index in [4.69, 9.17) is 9.47 Å². The Bertz CT molecular complexity index is 1010. The number of carboxylic acids is 1. The van der Waals surface area contributed by atoms with Gasteiger partial charge in [-0.15, -0.1) is 0 Å². The van der Waals surface area contributed by atoms with Gasteiger partial charge in [0.2, 0.25) is 11.6 Å². The van der Waals surface area contributed by atoms with Crippen LogP contribution in [0.25, 0.3) is 5.69 Å². The van der Waals surface area contributed by atoms with E-state index in [0.717, 1.165) is 0 Å². The van der Waals surface area contributed by atoms with E-state index in [0.29, 0.717) is 11.4 Å². The minimum Gasteiger partial charge on any atom is -0.497 e.